The van der Waals surface area contributed by atoms with Crippen molar-refractivity contribution in [3.05, 3.63) is 11.5 Å². The smallest absolute Gasteiger partial charge is 0.228 e. The molecular weight excluding hydrogens is 204 g/mol. The number of hydrogen-bond acceptors (Lipinski definition) is 4. The largest absolute Gasteiger partial charge is 0.368 e. The molecule has 2 rings (SSSR count). The van der Waals surface area contributed by atoms with E-state index >= 15 is 0 Å². The minimum Gasteiger partial charge on any atom is -0.368 e. The first-order valence-electron chi connectivity index (χ1n) is 4.21. The lowest BCUT2D eigenvalue weighted by molar-refractivity contribution is -0.118. The van der Waals surface area contributed by atoms with E-state index in [9.17, 15) is 4.79 Å². The van der Waals surface area contributed by atoms with Crippen LogP contribution in [-0.4, -0.2) is 29.5 Å². The highest BCUT2D eigenvalue weighted by Gasteiger charge is 2.22. The maximum absolute atomic E-state index is 11.5. The average Bonchev–Trinajstić information content (AvgIpc) is 2.29. The van der Waals surface area contributed by atoms with Crippen LogP contribution in [0.4, 0.5) is 11.5 Å². The molecule has 74 valence electrons. The van der Waals surface area contributed by atoms with Crippen LogP contribution in [0.15, 0.2) is 6.33 Å². The Bertz CT molecular complexity index is 382. The molecule has 14 heavy (non-hydrogen) atoms. The molecule has 1 aliphatic heterocycles. The first kappa shape index (κ1) is 9.21. The van der Waals surface area contributed by atoms with E-state index < -0.39 is 0 Å². The standard InChI is InChI=1S/C8H9ClN4O/c1-13-5(14)2-3-10-8-6(13)7(9)11-4-12-8/h4H,2-3H2,1H3,(H,10,11,12). The van der Waals surface area contributed by atoms with Gasteiger partial charge in [-0.05, 0) is 0 Å². The molecular formula is C8H9ClN4O. The Kier molecular flexibility index (Phi) is 2.25. The van der Waals surface area contributed by atoms with Gasteiger partial charge >= 0.3 is 0 Å². The summed E-state index contributed by atoms with van der Waals surface area (Å²) in [5, 5.41) is 3.32. The van der Waals surface area contributed by atoms with Crippen molar-refractivity contribution in [2.24, 2.45) is 0 Å². The second-order valence-electron chi connectivity index (χ2n) is 2.99. The monoisotopic (exact) mass is 212 g/mol. The van der Waals surface area contributed by atoms with Crippen molar-refractivity contribution in [2.45, 2.75) is 6.42 Å². The third kappa shape index (κ3) is 1.39. The maximum Gasteiger partial charge on any atom is 0.228 e. The van der Waals surface area contributed by atoms with Crippen molar-refractivity contribution in [1.29, 1.82) is 0 Å². The van der Waals surface area contributed by atoms with Crippen LogP contribution < -0.4 is 10.2 Å². The van der Waals surface area contributed by atoms with Crippen LogP contribution in [0.25, 0.3) is 0 Å². The third-order valence-corrected chi connectivity index (χ3v) is 2.40. The highest BCUT2D eigenvalue weighted by Crippen LogP contribution is 2.31. The van der Waals surface area contributed by atoms with Crippen molar-refractivity contribution >= 4 is 29.0 Å². The summed E-state index contributed by atoms with van der Waals surface area (Å²) in [5.41, 5.74) is 0.552. The number of amides is 1. The Hall–Kier alpha value is -1.36. The number of aromatic nitrogens is 2. The summed E-state index contributed by atoms with van der Waals surface area (Å²) in [5.74, 6) is 0.617. The molecule has 1 amide bonds. The number of halogens is 1. The molecule has 1 aromatic heterocycles. The molecule has 1 N–H and O–H groups in total. The number of nitrogens with zero attached hydrogens (tertiary/aromatic N) is 3. The van der Waals surface area contributed by atoms with Gasteiger partial charge in [0, 0.05) is 20.0 Å². The van der Waals surface area contributed by atoms with Crippen molar-refractivity contribution in [3.8, 4) is 0 Å². The Morgan fingerprint density at radius 2 is 2.36 bits per heavy atom. The normalized spacial score (nSPS) is 15.9. The fourth-order valence-corrected chi connectivity index (χ4v) is 1.62. The van der Waals surface area contributed by atoms with Gasteiger partial charge < -0.3 is 10.2 Å². The highest BCUT2D eigenvalue weighted by atomic mass is 35.5. The predicted octanol–water partition coefficient (Wildman–Crippen LogP) is 0.908. The number of hydrogen-bond donors (Lipinski definition) is 1. The van der Waals surface area contributed by atoms with E-state index in [2.05, 4.69) is 15.3 Å². The summed E-state index contributed by atoms with van der Waals surface area (Å²) in [7, 11) is 1.67. The summed E-state index contributed by atoms with van der Waals surface area (Å²) in [6, 6.07) is 0. The van der Waals surface area contributed by atoms with Crippen LogP contribution in [0.2, 0.25) is 5.15 Å². The van der Waals surface area contributed by atoms with Gasteiger partial charge in [0.2, 0.25) is 5.91 Å². The van der Waals surface area contributed by atoms with E-state index in [-0.39, 0.29) is 5.91 Å². The van der Waals surface area contributed by atoms with E-state index in [4.69, 9.17) is 11.6 Å². The molecule has 6 heteroatoms. The van der Waals surface area contributed by atoms with Crippen LogP contribution >= 0.6 is 11.6 Å². The first-order valence-corrected chi connectivity index (χ1v) is 4.59. The molecule has 1 aromatic rings. The Labute approximate surface area is 86.1 Å². The van der Waals surface area contributed by atoms with Gasteiger partial charge in [-0.1, -0.05) is 11.6 Å². The molecule has 1 aliphatic rings. The van der Waals surface area contributed by atoms with Crippen molar-refractivity contribution < 1.29 is 4.79 Å². The van der Waals surface area contributed by atoms with Gasteiger partial charge in [0.15, 0.2) is 11.0 Å². The summed E-state index contributed by atoms with van der Waals surface area (Å²) in [6.45, 7) is 0.573. The van der Waals surface area contributed by atoms with Crippen LogP contribution in [0.5, 0.6) is 0 Å². The first-order chi connectivity index (χ1) is 6.70. The number of carbonyl (C=O) groups is 1. The molecule has 0 unspecified atom stereocenters. The molecule has 0 atom stereocenters. The minimum atomic E-state index is 0.00736. The molecule has 0 saturated carbocycles. The molecule has 2 heterocycles. The van der Waals surface area contributed by atoms with Gasteiger partial charge in [0.1, 0.15) is 12.0 Å². The SMILES string of the molecule is CN1C(=O)CCNc2ncnc(Cl)c21. The molecule has 0 radical (unpaired) electrons. The zero-order valence-corrected chi connectivity index (χ0v) is 8.38. The second kappa shape index (κ2) is 3.42. The topological polar surface area (TPSA) is 58.1 Å². The molecule has 0 saturated heterocycles. The van der Waals surface area contributed by atoms with E-state index in [0.717, 1.165) is 0 Å². The molecule has 0 fully saturated rings. The van der Waals surface area contributed by atoms with Crippen molar-refractivity contribution in [1.82, 2.24) is 9.97 Å². The van der Waals surface area contributed by atoms with Crippen LogP contribution in [0.3, 0.4) is 0 Å². The quantitative estimate of drug-likeness (QED) is 0.650. The lowest BCUT2D eigenvalue weighted by Crippen LogP contribution is -2.25. The lowest BCUT2D eigenvalue weighted by Gasteiger charge is -2.16. The van der Waals surface area contributed by atoms with Gasteiger partial charge in [0.25, 0.3) is 0 Å². The fourth-order valence-electron chi connectivity index (χ4n) is 1.36. The molecule has 0 spiro atoms. The Morgan fingerprint density at radius 3 is 3.14 bits per heavy atom. The lowest BCUT2D eigenvalue weighted by atomic mass is 10.4. The van der Waals surface area contributed by atoms with Gasteiger partial charge in [0.05, 0.1) is 0 Å². The number of fused-ring (bicyclic) bond motifs is 1. The van der Waals surface area contributed by atoms with E-state index in [1.54, 1.807) is 7.05 Å². The summed E-state index contributed by atoms with van der Waals surface area (Å²) in [6.07, 6.45) is 1.81. The molecule has 5 nitrogen and oxygen atoms in total. The van der Waals surface area contributed by atoms with Crippen LogP contribution in [-0.2, 0) is 4.79 Å². The van der Waals surface area contributed by atoms with Crippen molar-refractivity contribution in [2.75, 3.05) is 23.8 Å². The summed E-state index contributed by atoms with van der Waals surface area (Å²) >= 11 is 5.89. The number of nitrogens with one attached hydrogen (secondary N) is 1. The van der Waals surface area contributed by atoms with Gasteiger partial charge in [-0.2, -0.15) is 0 Å². The molecule has 0 aliphatic carbocycles. The maximum atomic E-state index is 11.5. The van der Waals surface area contributed by atoms with Crippen LogP contribution in [0, 0.1) is 0 Å². The fraction of sp³-hybridized carbons (Fsp3) is 0.375. The highest BCUT2D eigenvalue weighted by molar-refractivity contribution is 6.33. The predicted molar refractivity (Wildman–Crippen MR) is 53.6 cm³/mol. The summed E-state index contributed by atoms with van der Waals surface area (Å²) in [4.78, 5) is 20.8. The van der Waals surface area contributed by atoms with E-state index in [1.165, 1.54) is 11.2 Å². The third-order valence-electron chi connectivity index (χ3n) is 2.12. The summed E-state index contributed by atoms with van der Waals surface area (Å²) < 4.78 is 0. The molecule has 0 bridgehead atoms. The average molecular weight is 213 g/mol. The van der Waals surface area contributed by atoms with Gasteiger partial charge in [-0.25, -0.2) is 9.97 Å². The molecule has 0 aromatic carbocycles. The Morgan fingerprint density at radius 1 is 1.57 bits per heavy atom. The minimum absolute atomic E-state index is 0.00736. The van der Waals surface area contributed by atoms with E-state index in [0.29, 0.717) is 29.6 Å². The van der Waals surface area contributed by atoms with Crippen molar-refractivity contribution in [3.63, 3.8) is 0 Å². The van der Waals surface area contributed by atoms with Gasteiger partial charge in [-0.3, -0.25) is 4.79 Å². The second-order valence-corrected chi connectivity index (χ2v) is 3.35. The number of rotatable bonds is 0. The number of anilines is 2. The Balaban J connectivity index is 2.55. The zero-order valence-electron chi connectivity index (χ0n) is 7.62. The zero-order chi connectivity index (χ0) is 10.1. The van der Waals surface area contributed by atoms with Gasteiger partial charge in [-0.15, -0.1) is 0 Å². The van der Waals surface area contributed by atoms with Crippen LogP contribution in [0.1, 0.15) is 6.42 Å². The number of carbonyl (C=O) groups excluding carboxylic acids is 1. The van der Waals surface area contributed by atoms with E-state index in [1.807, 2.05) is 0 Å².